The molecule has 4 aromatic rings. The second kappa shape index (κ2) is 9.29. The number of rotatable bonds is 4. The number of imide groups is 1. The summed E-state index contributed by atoms with van der Waals surface area (Å²) in [6, 6.07) is 27.0. The van der Waals surface area contributed by atoms with Crippen molar-refractivity contribution in [2.75, 3.05) is 10.6 Å². The molecule has 2 atom stereocenters. The summed E-state index contributed by atoms with van der Waals surface area (Å²) in [6.45, 7) is 0. The van der Waals surface area contributed by atoms with Crippen LogP contribution in [0.15, 0.2) is 96.1 Å². The number of hydrogen-bond acceptors (Lipinski definition) is 5. The molecule has 3 amide bonds. The van der Waals surface area contributed by atoms with Gasteiger partial charge in [-0.1, -0.05) is 83.9 Å². The fraction of sp³-hybridized carbons (Fsp3) is 0.125. The first-order valence-electron chi connectivity index (χ1n) is 13.1. The Labute approximate surface area is 245 Å². The largest absolute Gasteiger partial charge is 0.398 e. The van der Waals surface area contributed by atoms with Gasteiger partial charge < -0.3 is 5.73 Å². The summed E-state index contributed by atoms with van der Waals surface area (Å²) in [5.41, 5.74) is 12.0. The zero-order chi connectivity index (χ0) is 28.5. The van der Waals surface area contributed by atoms with Crippen LogP contribution in [0.1, 0.15) is 38.5 Å². The molecule has 1 aliphatic heterocycles. The Morgan fingerprint density at radius 3 is 2.17 bits per heavy atom. The SMILES string of the molecule is Nc1ccccc1C(=O)N/N=C\C12c3ccccc3C(c3ccccc31)[C@H]1C(=O)N(c3ccc(Cl)cc3Cl)C(=O)[C@@H]12. The first kappa shape index (κ1) is 25.5. The monoisotopic (exact) mass is 580 g/mol. The van der Waals surface area contributed by atoms with E-state index in [1.807, 2.05) is 48.5 Å². The molecule has 2 bridgehead atoms. The van der Waals surface area contributed by atoms with Crippen LogP contribution >= 0.6 is 23.2 Å². The van der Waals surface area contributed by atoms with Crippen LogP contribution in [-0.4, -0.2) is 23.9 Å². The normalized spacial score (nSPS) is 23.9. The third kappa shape index (κ3) is 3.52. The van der Waals surface area contributed by atoms with Gasteiger partial charge in [0.2, 0.25) is 11.8 Å². The Hall–Kier alpha value is -4.46. The van der Waals surface area contributed by atoms with Crippen molar-refractivity contribution in [1.29, 1.82) is 0 Å². The number of carbonyl (C=O) groups is 3. The molecule has 1 saturated heterocycles. The van der Waals surface area contributed by atoms with Crippen molar-refractivity contribution in [1.82, 2.24) is 5.43 Å². The van der Waals surface area contributed by atoms with Gasteiger partial charge in [-0.3, -0.25) is 14.4 Å². The summed E-state index contributed by atoms with van der Waals surface area (Å²) in [7, 11) is 0. The molecule has 1 heterocycles. The van der Waals surface area contributed by atoms with E-state index in [-0.39, 0.29) is 34.0 Å². The minimum atomic E-state index is -1.14. The van der Waals surface area contributed by atoms with Crippen LogP contribution in [0.2, 0.25) is 10.0 Å². The summed E-state index contributed by atoms with van der Waals surface area (Å²) in [6.07, 6.45) is 1.60. The standard InChI is InChI=1S/C32H22Cl2N4O3/c33-17-13-14-25(23(34)15-17)38-30(40)27-26-18-7-1-4-10-21(18)32(28(27)31(38)41,22-11-5-2-8-19(22)26)16-36-37-29(39)20-9-3-6-12-24(20)35/h1-16,26-28H,35H2,(H,37,39)/b36-16-/t26?,27-,28-,32?/m1/s1. The Kier molecular flexibility index (Phi) is 5.78. The number of nitrogen functional groups attached to an aromatic ring is 1. The quantitative estimate of drug-likeness (QED) is 0.143. The van der Waals surface area contributed by atoms with Gasteiger partial charge >= 0.3 is 0 Å². The predicted octanol–water partition coefficient (Wildman–Crippen LogP) is 5.54. The number of nitrogens with two attached hydrogens (primary N) is 1. The van der Waals surface area contributed by atoms with Gasteiger partial charge in [0.25, 0.3) is 5.91 Å². The minimum absolute atomic E-state index is 0.204. The van der Waals surface area contributed by atoms with Gasteiger partial charge in [-0.15, -0.1) is 0 Å². The molecule has 4 aromatic carbocycles. The lowest BCUT2D eigenvalue weighted by Crippen LogP contribution is -2.54. The summed E-state index contributed by atoms with van der Waals surface area (Å²) in [4.78, 5) is 42.8. The van der Waals surface area contributed by atoms with Crippen molar-refractivity contribution in [2.45, 2.75) is 11.3 Å². The molecule has 9 heteroatoms. The molecule has 3 N–H and O–H groups in total. The predicted molar refractivity (Wildman–Crippen MR) is 158 cm³/mol. The molecule has 0 saturated carbocycles. The fourth-order valence-corrected chi connectivity index (χ4v) is 7.40. The Morgan fingerprint density at radius 1 is 0.878 bits per heavy atom. The van der Waals surface area contributed by atoms with Crippen molar-refractivity contribution in [3.05, 3.63) is 129 Å². The number of amides is 3. The average Bonchev–Trinajstić information content (AvgIpc) is 3.24. The van der Waals surface area contributed by atoms with Gasteiger partial charge in [-0.25, -0.2) is 10.3 Å². The number of carbonyl (C=O) groups excluding carboxylic acids is 3. The van der Waals surface area contributed by atoms with Crippen LogP contribution in [0.3, 0.4) is 0 Å². The minimum Gasteiger partial charge on any atom is -0.398 e. The lowest BCUT2D eigenvalue weighted by atomic mass is 9.47. The van der Waals surface area contributed by atoms with Crippen LogP contribution in [0.25, 0.3) is 0 Å². The van der Waals surface area contributed by atoms with Crippen LogP contribution < -0.4 is 16.1 Å². The molecule has 0 radical (unpaired) electrons. The van der Waals surface area contributed by atoms with Crippen molar-refractivity contribution in [2.24, 2.45) is 16.9 Å². The Balaban J connectivity index is 1.41. The van der Waals surface area contributed by atoms with Crippen LogP contribution in [0.5, 0.6) is 0 Å². The maximum atomic E-state index is 14.4. The first-order valence-corrected chi connectivity index (χ1v) is 13.8. The number of benzene rings is 4. The first-order chi connectivity index (χ1) is 19.8. The van der Waals surface area contributed by atoms with Crippen molar-refractivity contribution in [3.8, 4) is 0 Å². The van der Waals surface area contributed by atoms with E-state index in [2.05, 4.69) is 10.5 Å². The van der Waals surface area contributed by atoms with Gasteiger partial charge in [-0.05, 0) is 52.6 Å². The molecule has 3 aliphatic carbocycles. The average molecular weight is 581 g/mol. The summed E-state index contributed by atoms with van der Waals surface area (Å²) in [5, 5.41) is 5.02. The molecule has 202 valence electrons. The highest BCUT2D eigenvalue weighted by molar-refractivity contribution is 6.38. The van der Waals surface area contributed by atoms with E-state index in [0.29, 0.717) is 10.7 Å². The van der Waals surface area contributed by atoms with E-state index in [4.69, 9.17) is 28.9 Å². The fourth-order valence-electron chi connectivity index (χ4n) is 6.91. The van der Waals surface area contributed by atoms with Crippen molar-refractivity contribution in [3.63, 3.8) is 0 Å². The van der Waals surface area contributed by atoms with Gasteiger partial charge in [0.15, 0.2) is 0 Å². The molecular weight excluding hydrogens is 559 g/mol. The van der Waals surface area contributed by atoms with E-state index in [1.54, 1.807) is 42.6 Å². The number of para-hydroxylation sites is 1. The van der Waals surface area contributed by atoms with Gasteiger partial charge in [-0.2, -0.15) is 5.10 Å². The van der Waals surface area contributed by atoms with E-state index >= 15 is 0 Å². The number of nitrogens with one attached hydrogen (secondary N) is 1. The van der Waals surface area contributed by atoms with Crippen LogP contribution in [-0.2, 0) is 15.0 Å². The number of hydrazone groups is 1. The zero-order valence-electron chi connectivity index (χ0n) is 21.4. The zero-order valence-corrected chi connectivity index (χ0v) is 22.9. The molecule has 1 fully saturated rings. The number of hydrogen-bond donors (Lipinski definition) is 2. The smallest absolute Gasteiger partial charge is 0.273 e. The van der Waals surface area contributed by atoms with Crippen LogP contribution in [0.4, 0.5) is 11.4 Å². The molecule has 4 aliphatic rings. The molecule has 0 spiro atoms. The van der Waals surface area contributed by atoms with Crippen LogP contribution in [0, 0.1) is 11.8 Å². The summed E-state index contributed by atoms with van der Waals surface area (Å²) >= 11 is 12.6. The number of halogens is 2. The molecule has 0 aromatic heterocycles. The lowest BCUT2D eigenvalue weighted by molar-refractivity contribution is -0.122. The summed E-state index contributed by atoms with van der Waals surface area (Å²) < 4.78 is 0. The number of anilines is 2. The van der Waals surface area contributed by atoms with Gasteiger partial charge in [0.05, 0.1) is 33.5 Å². The lowest BCUT2D eigenvalue weighted by Gasteiger charge is -2.52. The number of nitrogens with zero attached hydrogens (tertiary/aromatic N) is 2. The highest BCUT2D eigenvalue weighted by atomic mass is 35.5. The topological polar surface area (TPSA) is 105 Å². The van der Waals surface area contributed by atoms with Gasteiger partial charge in [0, 0.05) is 22.8 Å². The van der Waals surface area contributed by atoms with Crippen molar-refractivity contribution >= 4 is 58.5 Å². The molecule has 7 nitrogen and oxygen atoms in total. The van der Waals surface area contributed by atoms with E-state index < -0.39 is 23.2 Å². The third-order valence-electron chi connectivity index (χ3n) is 8.47. The molecule has 41 heavy (non-hydrogen) atoms. The Bertz CT molecular complexity index is 1770. The highest BCUT2D eigenvalue weighted by Crippen LogP contribution is 2.63. The van der Waals surface area contributed by atoms with Gasteiger partial charge in [0.1, 0.15) is 0 Å². The highest BCUT2D eigenvalue weighted by Gasteiger charge is 2.68. The molecule has 8 rings (SSSR count). The summed E-state index contributed by atoms with van der Waals surface area (Å²) in [5.74, 6) is -3.07. The maximum absolute atomic E-state index is 14.4. The van der Waals surface area contributed by atoms with E-state index in [1.165, 1.54) is 11.0 Å². The van der Waals surface area contributed by atoms with E-state index in [0.717, 1.165) is 22.3 Å². The maximum Gasteiger partial charge on any atom is 0.273 e. The second-order valence-corrected chi connectivity index (χ2v) is 11.3. The third-order valence-corrected chi connectivity index (χ3v) is 9.01. The van der Waals surface area contributed by atoms with E-state index in [9.17, 15) is 14.4 Å². The second-order valence-electron chi connectivity index (χ2n) is 10.4. The molecule has 0 unspecified atom stereocenters. The Morgan fingerprint density at radius 2 is 1.51 bits per heavy atom. The molecular formula is C32H22Cl2N4O3. The van der Waals surface area contributed by atoms with Crippen molar-refractivity contribution < 1.29 is 14.4 Å².